The van der Waals surface area contributed by atoms with Gasteiger partial charge in [-0.15, -0.1) is 0 Å². The van der Waals surface area contributed by atoms with Gasteiger partial charge >= 0.3 is 6.18 Å². The van der Waals surface area contributed by atoms with Crippen LogP contribution in [0.5, 0.6) is 0 Å². The third kappa shape index (κ3) is 7.13. The average Bonchev–Trinajstić information content (AvgIpc) is 3.14. The molecular formula is C26H24ClF4N3O2S. The largest absolute Gasteiger partial charge is 0.416 e. The number of aliphatic imine (C=N–C) groups is 1. The maximum Gasteiger partial charge on any atom is 0.416 e. The van der Waals surface area contributed by atoms with E-state index in [1.807, 2.05) is 0 Å². The molecule has 1 aliphatic heterocycles. The summed E-state index contributed by atoms with van der Waals surface area (Å²) in [6.45, 7) is 0.384. The van der Waals surface area contributed by atoms with Crippen LogP contribution in [0.4, 0.5) is 28.9 Å². The van der Waals surface area contributed by atoms with Crippen molar-refractivity contribution in [1.82, 2.24) is 4.90 Å². The molecule has 11 heteroatoms. The van der Waals surface area contributed by atoms with Gasteiger partial charge < -0.3 is 5.32 Å². The van der Waals surface area contributed by atoms with E-state index in [0.717, 1.165) is 55.6 Å². The molecule has 0 saturated carbocycles. The molecule has 2 aromatic rings. The van der Waals surface area contributed by atoms with Crippen LogP contribution in [0.1, 0.15) is 44.1 Å². The topological polar surface area (TPSA) is 61.8 Å². The normalized spacial score (nSPS) is 19.3. The minimum atomic E-state index is -4.60. The molecule has 1 aliphatic carbocycles. The molecule has 0 aromatic heterocycles. The lowest BCUT2D eigenvalue weighted by molar-refractivity contribution is -0.137. The maximum atomic E-state index is 13.3. The molecule has 1 saturated heterocycles. The zero-order chi connectivity index (χ0) is 26.6. The fourth-order valence-corrected chi connectivity index (χ4v) is 5.46. The minimum Gasteiger partial charge on any atom is -0.325 e. The Morgan fingerprint density at radius 1 is 1.16 bits per heavy atom. The zero-order valence-corrected chi connectivity index (χ0v) is 21.2. The summed E-state index contributed by atoms with van der Waals surface area (Å²) in [6.07, 6.45) is 2.22. The van der Waals surface area contributed by atoms with E-state index in [0.29, 0.717) is 23.8 Å². The van der Waals surface area contributed by atoms with E-state index in [-0.39, 0.29) is 23.0 Å². The average molecular weight is 554 g/mol. The van der Waals surface area contributed by atoms with Crippen molar-refractivity contribution in [3.05, 3.63) is 70.5 Å². The lowest BCUT2D eigenvalue weighted by Crippen LogP contribution is -2.34. The lowest BCUT2D eigenvalue weighted by atomic mass is 9.97. The van der Waals surface area contributed by atoms with Gasteiger partial charge in [-0.3, -0.25) is 14.5 Å². The number of thioether (sulfide) groups is 1. The van der Waals surface area contributed by atoms with Crippen molar-refractivity contribution in [3.63, 3.8) is 0 Å². The summed E-state index contributed by atoms with van der Waals surface area (Å²) in [5.41, 5.74) is 0.596. The van der Waals surface area contributed by atoms with Crippen LogP contribution in [0, 0.1) is 5.82 Å². The summed E-state index contributed by atoms with van der Waals surface area (Å²) in [5.74, 6) is -1.37. The van der Waals surface area contributed by atoms with Gasteiger partial charge in [0.25, 0.3) is 0 Å². The van der Waals surface area contributed by atoms with Crippen LogP contribution in [-0.4, -0.2) is 33.7 Å². The van der Waals surface area contributed by atoms with Gasteiger partial charge in [0, 0.05) is 13.0 Å². The Morgan fingerprint density at radius 2 is 1.92 bits per heavy atom. The number of hydrogen-bond acceptors (Lipinski definition) is 4. The van der Waals surface area contributed by atoms with Gasteiger partial charge in [0.15, 0.2) is 5.17 Å². The number of nitrogens with zero attached hydrogens (tertiary/aromatic N) is 2. The molecule has 0 spiro atoms. The highest BCUT2D eigenvalue weighted by Gasteiger charge is 2.39. The molecule has 5 nitrogen and oxygen atoms in total. The number of nitrogens with one attached hydrogen (secondary N) is 1. The van der Waals surface area contributed by atoms with E-state index in [2.05, 4.69) is 16.4 Å². The number of alkyl halides is 3. The van der Waals surface area contributed by atoms with Gasteiger partial charge in [0.2, 0.25) is 11.8 Å². The van der Waals surface area contributed by atoms with Crippen LogP contribution in [0.2, 0.25) is 5.02 Å². The number of rotatable bonds is 7. The summed E-state index contributed by atoms with van der Waals surface area (Å²) in [5, 5.41) is 1.92. The number of anilines is 1. The molecule has 1 heterocycles. The third-order valence-corrected chi connectivity index (χ3v) is 7.56. The highest BCUT2D eigenvalue weighted by Crippen LogP contribution is 2.35. The Hall–Kier alpha value is -2.85. The maximum absolute atomic E-state index is 13.3. The first kappa shape index (κ1) is 27.2. The van der Waals surface area contributed by atoms with Crippen LogP contribution in [0.15, 0.2) is 59.1 Å². The second-order valence-corrected chi connectivity index (χ2v) is 10.3. The van der Waals surface area contributed by atoms with E-state index in [9.17, 15) is 27.2 Å². The molecule has 1 atom stereocenters. The summed E-state index contributed by atoms with van der Waals surface area (Å²) in [7, 11) is 0. The number of allylic oxidation sites excluding steroid dienone is 1. The summed E-state index contributed by atoms with van der Waals surface area (Å²) in [6, 6.07) is 8.16. The molecule has 196 valence electrons. The highest BCUT2D eigenvalue weighted by atomic mass is 35.5. The Kier molecular flexibility index (Phi) is 8.59. The molecule has 37 heavy (non-hydrogen) atoms. The SMILES string of the molecule is O=C(C[C@@H]1SC(=Nc2ccc(F)cc2)N(CCC2=CCCCC2)C1=O)Nc1cc(C(F)(F)F)ccc1Cl. The van der Waals surface area contributed by atoms with Gasteiger partial charge in [-0.2, -0.15) is 13.2 Å². The Labute approximate surface area is 221 Å². The molecule has 4 rings (SSSR count). The number of carbonyl (C=O) groups excluding carboxylic acids is 2. The predicted octanol–water partition coefficient (Wildman–Crippen LogP) is 7.35. The van der Waals surface area contributed by atoms with Crippen LogP contribution in [0.3, 0.4) is 0 Å². The van der Waals surface area contributed by atoms with Crippen molar-refractivity contribution < 1.29 is 27.2 Å². The van der Waals surface area contributed by atoms with Gasteiger partial charge in [0.1, 0.15) is 11.1 Å². The third-order valence-electron chi connectivity index (χ3n) is 6.05. The van der Waals surface area contributed by atoms with Crippen LogP contribution in [-0.2, 0) is 15.8 Å². The van der Waals surface area contributed by atoms with Crippen LogP contribution < -0.4 is 5.32 Å². The summed E-state index contributed by atoms with van der Waals surface area (Å²) < 4.78 is 52.5. The number of amidine groups is 1. The molecule has 2 aliphatic rings. The van der Waals surface area contributed by atoms with Crippen molar-refractivity contribution in [1.29, 1.82) is 0 Å². The van der Waals surface area contributed by atoms with Crippen molar-refractivity contribution in [2.75, 3.05) is 11.9 Å². The minimum absolute atomic E-state index is 0.0484. The fourth-order valence-electron chi connectivity index (χ4n) is 4.11. The van der Waals surface area contributed by atoms with E-state index in [1.54, 1.807) is 0 Å². The molecule has 0 bridgehead atoms. The van der Waals surface area contributed by atoms with Crippen molar-refractivity contribution in [2.24, 2.45) is 4.99 Å². The Morgan fingerprint density at radius 3 is 2.59 bits per heavy atom. The van der Waals surface area contributed by atoms with Gasteiger partial charge in [0.05, 0.1) is 22.0 Å². The molecule has 1 fully saturated rings. The van der Waals surface area contributed by atoms with Crippen LogP contribution >= 0.6 is 23.4 Å². The molecule has 0 radical (unpaired) electrons. The predicted molar refractivity (Wildman–Crippen MR) is 137 cm³/mol. The molecule has 1 N–H and O–H groups in total. The van der Waals surface area contributed by atoms with E-state index in [1.165, 1.54) is 34.7 Å². The van der Waals surface area contributed by atoms with Crippen molar-refractivity contribution in [3.8, 4) is 0 Å². The zero-order valence-electron chi connectivity index (χ0n) is 19.7. The van der Waals surface area contributed by atoms with E-state index in [4.69, 9.17) is 11.6 Å². The first-order valence-electron chi connectivity index (χ1n) is 11.8. The van der Waals surface area contributed by atoms with Crippen molar-refractivity contribution >= 4 is 51.7 Å². The highest BCUT2D eigenvalue weighted by molar-refractivity contribution is 8.15. The number of hydrogen-bond donors (Lipinski definition) is 1. The van der Waals surface area contributed by atoms with Crippen LogP contribution in [0.25, 0.3) is 0 Å². The van der Waals surface area contributed by atoms with Crippen molar-refractivity contribution in [2.45, 2.75) is 50.0 Å². The number of halogens is 5. The second-order valence-electron chi connectivity index (χ2n) is 8.77. The Bertz CT molecular complexity index is 1230. The van der Waals surface area contributed by atoms with Gasteiger partial charge in [-0.25, -0.2) is 9.38 Å². The smallest absolute Gasteiger partial charge is 0.325 e. The van der Waals surface area contributed by atoms with Gasteiger partial charge in [-0.05, 0) is 74.6 Å². The lowest BCUT2D eigenvalue weighted by Gasteiger charge is -2.19. The quantitative estimate of drug-likeness (QED) is 0.288. The number of carbonyl (C=O) groups is 2. The molecular weight excluding hydrogens is 530 g/mol. The van der Waals surface area contributed by atoms with Gasteiger partial charge in [-0.1, -0.05) is 35.0 Å². The molecule has 0 unspecified atom stereocenters. The summed E-state index contributed by atoms with van der Waals surface area (Å²) in [4.78, 5) is 32.0. The second kappa shape index (κ2) is 11.7. The molecule has 2 amide bonds. The van der Waals surface area contributed by atoms with E-state index >= 15 is 0 Å². The van der Waals surface area contributed by atoms with E-state index < -0.39 is 28.7 Å². The fraction of sp³-hybridized carbons (Fsp3) is 0.346. The standard InChI is InChI=1S/C26H24ClF4N3O2S/c27-20-11-6-17(26(29,30)31)14-21(20)33-23(35)15-22-24(36)34(13-12-16-4-2-1-3-5-16)25(37-22)32-19-9-7-18(28)8-10-19/h4,6-11,14,22H,1-3,5,12-13,15H2,(H,33,35)/t22-/m0/s1. The monoisotopic (exact) mass is 553 g/mol. The first-order chi connectivity index (χ1) is 17.6. The summed E-state index contributed by atoms with van der Waals surface area (Å²) >= 11 is 7.09. The number of amides is 2. The molecule has 2 aromatic carbocycles. The Balaban J connectivity index is 1.50. The number of benzene rings is 2. The first-order valence-corrected chi connectivity index (χ1v) is 13.0.